The van der Waals surface area contributed by atoms with E-state index >= 15 is 0 Å². The molecule has 2 aliphatic heterocycles. The monoisotopic (exact) mass is 612 g/mol. The average molecular weight is 613 g/mol. The van der Waals surface area contributed by atoms with Gasteiger partial charge in [-0.15, -0.1) is 0 Å². The molecule has 14 heteroatoms. The van der Waals surface area contributed by atoms with Crippen molar-refractivity contribution in [1.82, 2.24) is 30.0 Å². The van der Waals surface area contributed by atoms with Crippen molar-refractivity contribution in [2.75, 3.05) is 13.1 Å². The van der Waals surface area contributed by atoms with Gasteiger partial charge in [-0.25, -0.2) is 19.4 Å². The van der Waals surface area contributed by atoms with Crippen LogP contribution in [0.2, 0.25) is 10.0 Å². The fraction of sp³-hybridized carbons (Fsp3) is 0.444. The number of rotatable bonds is 4. The van der Waals surface area contributed by atoms with Crippen molar-refractivity contribution < 1.29 is 27.9 Å². The number of carbonyl (C=O) groups is 2. The summed E-state index contributed by atoms with van der Waals surface area (Å²) in [5, 5.41) is 16.4. The van der Waals surface area contributed by atoms with E-state index in [1.165, 1.54) is 0 Å². The molecule has 1 fully saturated rings. The lowest BCUT2D eigenvalue weighted by molar-refractivity contribution is -0.192. The minimum absolute atomic E-state index is 0.00888. The van der Waals surface area contributed by atoms with E-state index in [9.17, 15) is 18.0 Å². The Bertz CT molecular complexity index is 1490. The SMILES string of the molecule is Cc1nn(C(C)c2ccc(Cl)cc2Cl)c2nc(C3=CC(C)N(C(=O)C4CCCN4)CC3)cnc12.O=C(O)C(F)(F)F. The van der Waals surface area contributed by atoms with Crippen LogP contribution in [0, 0.1) is 6.92 Å². The highest BCUT2D eigenvalue weighted by atomic mass is 35.5. The molecule has 0 aliphatic carbocycles. The second-order valence-corrected chi connectivity index (χ2v) is 10.8. The summed E-state index contributed by atoms with van der Waals surface area (Å²) < 4.78 is 33.6. The van der Waals surface area contributed by atoms with Gasteiger partial charge in [-0.2, -0.15) is 18.3 Å². The third-order valence-electron chi connectivity index (χ3n) is 7.12. The van der Waals surface area contributed by atoms with Crippen molar-refractivity contribution >= 4 is 51.8 Å². The van der Waals surface area contributed by atoms with E-state index in [4.69, 9.17) is 48.2 Å². The van der Waals surface area contributed by atoms with E-state index in [0.717, 1.165) is 59.5 Å². The maximum absolute atomic E-state index is 12.9. The summed E-state index contributed by atoms with van der Waals surface area (Å²) in [4.78, 5) is 33.5. The molecular weight excluding hydrogens is 584 g/mol. The first kappa shape index (κ1) is 30.7. The van der Waals surface area contributed by atoms with E-state index in [-0.39, 0.29) is 24.0 Å². The topological polar surface area (TPSA) is 113 Å². The zero-order valence-electron chi connectivity index (χ0n) is 22.5. The van der Waals surface area contributed by atoms with Crippen LogP contribution in [0.4, 0.5) is 13.2 Å². The van der Waals surface area contributed by atoms with Crippen molar-refractivity contribution in [2.45, 2.75) is 64.3 Å². The van der Waals surface area contributed by atoms with E-state index in [0.29, 0.717) is 16.6 Å². The van der Waals surface area contributed by atoms with E-state index in [1.54, 1.807) is 6.07 Å². The van der Waals surface area contributed by atoms with Gasteiger partial charge < -0.3 is 15.3 Å². The number of alkyl halides is 3. The molecule has 1 amide bonds. The summed E-state index contributed by atoms with van der Waals surface area (Å²) in [6.07, 6.45) is 1.59. The van der Waals surface area contributed by atoms with Gasteiger partial charge in [0.25, 0.3) is 0 Å². The highest BCUT2D eigenvalue weighted by Gasteiger charge is 2.38. The summed E-state index contributed by atoms with van der Waals surface area (Å²) in [5.74, 6) is -2.56. The van der Waals surface area contributed by atoms with Crippen LogP contribution in [0.1, 0.15) is 56.1 Å². The molecule has 41 heavy (non-hydrogen) atoms. The number of nitrogens with zero attached hydrogens (tertiary/aromatic N) is 5. The molecule has 220 valence electrons. The number of carboxylic acid groups (broad SMARTS) is 1. The van der Waals surface area contributed by atoms with Crippen molar-refractivity contribution in [3.05, 3.63) is 57.5 Å². The van der Waals surface area contributed by atoms with Crippen molar-refractivity contribution in [3.63, 3.8) is 0 Å². The molecule has 3 aromatic rings. The van der Waals surface area contributed by atoms with Gasteiger partial charge in [-0.1, -0.05) is 35.3 Å². The Labute approximate surface area is 244 Å². The molecule has 1 aromatic carbocycles. The Kier molecular flexibility index (Phi) is 9.25. The fourth-order valence-electron chi connectivity index (χ4n) is 4.98. The minimum Gasteiger partial charge on any atom is -0.475 e. The Balaban J connectivity index is 0.000000493. The Morgan fingerprint density at radius 3 is 2.54 bits per heavy atom. The highest BCUT2D eigenvalue weighted by molar-refractivity contribution is 6.35. The maximum atomic E-state index is 12.9. The predicted octanol–water partition coefficient (Wildman–Crippen LogP) is 5.44. The third-order valence-corrected chi connectivity index (χ3v) is 7.68. The first-order chi connectivity index (χ1) is 19.3. The average Bonchev–Trinajstić information content (AvgIpc) is 3.56. The first-order valence-electron chi connectivity index (χ1n) is 13.0. The molecule has 0 spiro atoms. The zero-order chi connectivity index (χ0) is 30.1. The van der Waals surface area contributed by atoms with Crippen molar-refractivity contribution in [3.8, 4) is 0 Å². The molecule has 1 saturated heterocycles. The number of halogens is 5. The van der Waals surface area contributed by atoms with Gasteiger partial charge in [0.2, 0.25) is 5.91 Å². The Morgan fingerprint density at radius 1 is 1.24 bits per heavy atom. The number of fused-ring (bicyclic) bond motifs is 1. The van der Waals surface area contributed by atoms with Crippen LogP contribution >= 0.6 is 23.2 Å². The summed E-state index contributed by atoms with van der Waals surface area (Å²) >= 11 is 12.6. The van der Waals surface area contributed by atoms with Crippen LogP contribution in [0.5, 0.6) is 0 Å². The lowest BCUT2D eigenvalue weighted by atomic mass is 9.99. The largest absolute Gasteiger partial charge is 0.490 e. The van der Waals surface area contributed by atoms with Crippen LogP contribution in [-0.2, 0) is 9.59 Å². The van der Waals surface area contributed by atoms with E-state index < -0.39 is 12.1 Å². The van der Waals surface area contributed by atoms with E-state index in [1.807, 2.05) is 41.8 Å². The fourth-order valence-corrected chi connectivity index (χ4v) is 5.54. The molecule has 2 N–H and O–H groups in total. The van der Waals surface area contributed by atoms with Gasteiger partial charge >= 0.3 is 12.1 Å². The predicted molar refractivity (Wildman–Crippen MR) is 149 cm³/mol. The molecule has 2 aliphatic rings. The quantitative estimate of drug-likeness (QED) is 0.403. The van der Waals surface area contributed by atoms with Gasteiger partial charge in [0.15, 0.2) is 5.65 Å². The molecule has 9 nitrogen and oxygen atoms in total. The van der Waals surface area contributed by atoms with Crippen LogP contribution < -0.4 is 5.32 Å². The summed E-state index contributed by atoms with van der Waals surface area (Å²) in [5.41, 5.74) is 5.15. The lowest BCUT2D eigenvalue weighted by Crippen LogP contribution is -2.48. The normalized spacial score (nSPS) is 19.9. The molecule has 0 bridgehead atoms. The summed E-state index contributed by atoms with van der Waals surface area (Å²) in [6.45, 7) is 7.64. The summed E-state index contributed by atoms with van der Waals surface area (Å²) in [7, 11) is 0. The first-order valence-corrected chi connectivity index (χ1v) is 13.7. The number of nitrogens with one attached hydrogen (secondary N) is 1. The summed E-state index contributed by atoms with van der Waals surface area (Å²) in [6, 6.07) is 5.31. The number of aryl methyl sites for hydroxylation is 1. The molecule has 3 atom stereocenters. The highest BCUT2D eigenvalue weighted by Crippen LogP contribution is 2.32. The number of amides is 1. The van der Waals surface area contributed by atoms with Crippen molar-refractivity contribution in [1.29, 1.82) is 0 Å². The molecule has 3 unspecified atom stereocenters. The number of carbonyl (C=O) groups excluding carboxylic acids is 1. The third kappa shape index (κ3) is 6.82. The molecule has 5 rings (SSSR count). The zero-order valence-corrected chi connectivity index (χ0v) is 24.1. The minimum atomic E-state index is -5.08. The number of carboxylic acids is 1. The van der Waals surface area contributed by atoms with Gasteiger partial charge in [0.05, 0.1) is 29.7 Å². The van der Waals surface area contributed by atoms with Crippen LogP contribution in [-0.4, -0.2) is 73.0 Å². The standard InChI is InChI=1S/C25H28Cl2N6O.C2HF3O2/c1-14-11-17(8-10-32(14)25(34)21-5-4-9-28-21)22-13-29-23-15(2)31-33(24(23)30-22)16(3)19-7-6-18(26)12-20(19)27;3-2(4,5)1(6)7/h6-7,11-14,16,21,28H,4-5,8-10H2,1-3H3;(H,6,7). The van der Waals surface area contributed by atoms with Crippen LogP contribution in [0.3, 0.4) is 0 Å². The number of benzene rings is 1. The number of aliphatic carboxylic acids is 1. The van der Waals surface area contributed by atoms with Gasteiger partial charge in [0.1, 0.15) is 5.52 Å². The number of hydrogen-bond acceptors (Lipinski definition) is 6. The van der Waals surface area contributed by atoms with Crippen molar-refractivity contribution in [2.24, 2.45) is 0 Å². The lowest BCUT2D eigenvalue weighted by Gasteiger charge is -2.34. The van der Waals surface area contributed by atoms with E-state index in [2.05, 4.69) is 18.3 Å². The molecule has 2 aromatic heterocycles. The second kappa shape index (κ2) is 12.3. The second-order valence-electron chi connectivity index (χ2n) is 9.97. The van der Waals surface area contributed by atoms with Crippen LogP contribution in [0.25, 0.3) is 16.7 Å². The number of hydrogen-bond donors (Lipinski definition) is 2. The molecular formula is C27H29Cl2F3N6O3. The smallest absolute Gasteiger partial charge is 0.475 e. The maximum Gasteiger partial charge on any atom is 0.490 e. The molecule has 4 heterocycles. The Morgan fingerprint density at radius 2 is 1.95 bits per heavy atom. The number of aromatic nitrogens is 4. The van der Waals surface area contributed by atoms with Gasteiger partial charge in [0, 0.05) is 22.6 Å². The van der Waals surface area contributed by atoms with Gasteiger partial charge in [-0.3, -0.25) is 4.79 Å². The Hall–Kier alpha value is -3.22. The van der Waals surface area contributed by atoms with Gasteiger partial charge in [-0.05, 0) is 69.8 Å². The van der Waals surface area contributed by atoms with Crippen LogP contribution in [0.15, 0.2) is 30.5 Å². The molecule has 0 radical (unpaired) electrons. The molecule has 0 saturated carbocycles.